The van der Waals surface area contributed by atoms with Crippen molar-refractivity contribution < 1.29 is 4.11 Å². The minimum Gasteiger partial charge on any atom is -0.330 e. The van der Waals surface area contributed by atoms with Crippen molar-refractivity contribution in [1.29, 1.82) is 0 Å². The van der Waals surface area contributed by atoms with Crippen molar-refractivity contribution >= 4 is 0 Å². The van der Waals surface area contributed by atoms with E-state index in [4.69, 9.17) is 9.85 Å². The molecule has 0 aliphatic heterocycles. The molecule has 0 rings (SSSR count). The Morgan fingerprint density at radius 2 is 2.83 bits per heavy atom. The number of hydrogen-bond acceptors (Lipinski definition) is 2. The van der Waals surface area contributed by atoms with E-state index < -0.39 is 6.98 Å². The molecule has 0 atom stereocenters. The second-order valence-corrected chi connectivity index (χ2v) is 1.07. The third kappa shape index (κ3) is 3.92. The van der Waals surface area contributed by atoms with Crippen molar-refractivity contribution in [3.63, 3.8) is 0 Å². The molecule has 2 heteroatoms. The third-order valence-corrected chi connectivity index (χ3v) is 0.506. The first-order valence-corrected chi connectivity index (χ1v) is 2.01. The van der Waals surface area contributed by atoms with Crippen molar-refractivity contribution in [3.8, 4) is 0 Å². The van der Waals surface area contributed by atoms with Crippen molar-refractivity contribution in [3.05, 3.63) is 0 Å². The van der Waals surface area contributed by atoms with Crippen LogP contribution in [0.3, 0.4) is 0 Å². The molecule has 0 saturated carbocycles. The lowest BCUT2D eigenvalue weighted by atomic mass is 10.4. The van der Waals surface area contributed by atoms with Gasteiger partial charge in [-0.05, 0) is 26.5 Å². The van der Waals surface area contributed by atoms with E-state index in [1.807, 2.05) is 0 Å². The van der Waals surface area contributed by atoms with Crippen LogP contribution in [0.1, 0.15) is 10.5 Å². The molecule has 0 aromatic carbocycles. The molecule has 0 heterocycles. The first-order valence-electron chi connectivity index (χ1n) is 3.51. The van der Waals surface area contributed by atoms with Gasteiger partial charge in [-0.3, -0.25) is 0 Å². The van der Waals surface area contributed by atoms with Crippen LogP contribution in [0.4, 0.5) is 0 Å². The number of nitrogens with one attached hydrogen (secondary N) is 1. The first-order chi connectivity index (χ1) is 4.06. The summed E-state index contributed by atoms with van der Waals surface area (Å²) >= 11 is 0. The lowest BCUT2D eigenvalue weighted by molar-refractivity contribution is 0.733. The van der Waals surface area contributed by atoms with E-state index in [1.54, 1.807) is 0 Å². The monoisotopic (exact) mass is 91.1 g/mol. The highest BCUT2D eigenvalue weighted by atomic mass is 14.8. The van der Waals surface area contributed by atoms with Crippen molar-refractivity contribution in [1.82, 2.24) is 5.32 Å². The Kier molecular flexibility index (Phi) is 1.87. The number of rotatable bonds is 3. The van der Waals surface area contributed by atoms with Gasteiger partial charge in [-0.25, -0.2) is 0 Å². The van der Waals surface area contributed by atoms with Gasteiger partial charge in [-0.2, -0.15) is 0 Å². The molecule has 38 valence electrons. The Morgan fingerprint density at radius 1 is 2.00 bits per heavy atom. The topological polar surface area (TPSA) is 38.0 Å². The Bertz CT molecular complexity index is 70.7. The van der Waals surface area contributed by atoms with Crippen LogP contribution in [-0.2, 0) is 0 Å². The zero-order valence-electron chi connectivity index (χ0n) is 6.70. The van der Waals surface area contributed by atoms with E-state index in [0.29, 0.717) is 19.5 Å². The van der Waals surface area contributed by atoms with E-state index in [9.17, 15) is 0 Å². The van der Waals surface area contributed by atoms with Gasteiger partial charge in [-0.15, -0.1) is 0 Å². The zero-order valence-corrected chi connectivity index (χ0v) is 3.70. The molecular formula is C4H12N2. The molecule has 2 nitrogen and oxygen atoms in total. The summed E-state index contributed by atoms with van der Waals surface area (Å²) in [5.74, 6) is 0. The van der Waals surface area contributed by atoms with Gasteiger partial charge in [0.25, 0.3) is 0 Å². The minimum absolute atomic E-state index is 0.465. The van der Waals surface area contributed by atoms with Crippen LogP contribution in [0.5, 0.6) is 0 Å². The van der Waals surface area contributed by atoms with E-state index >= 15 is 0 Å². The highest BCUT2D eigenvalue weighted by Gasteiger charge is 1.73. The van der Waals surface area contributed by atoms with Crippen LogP contribution >= 0.6 is 0 Å². The molecule has 0 fully saturated rings. The highest BCUT2D eigenvalue weighted by molar-refractivity contribution is 4.38. The summed E-state index contributed by atoms with van der Waals surface area (Å²) in [6.45, 7) is -1.01. The fraction of sp³-hybridized carbons (Fsp3) is 1.00. The quantitative estimate of drug-likeness (QED) is 0.462. The normalized spacial score (nSPS) is 18.5. The molecule has 0 amide bonds. The zero-order chi connectivity index (χ0) is 7.33. The lowest BCUT2D eigenvalue weighted by Crippen LogP contribution is -2.12. The molecule has 0 spiro atoms. The first kappa shape index (κ1) is 2.28. The molecule has 0 unspecified atom stereocenters. The van der Waals surface area contributed by atoms with Crippen molar-refractivity contribution in [2.45, 2.75) is 6.42 Å². The predicted octanol–water partition coefficient (Wildman–Crippen LogP) is -0.445. The average molecular weight is 91.2 g/mol. The second kappa shape index (κ2) is 4.92. The smallest absolute Gasteiger partial charge is 0.0391 e. The molecule has 0 aromatic heterocycles. The Morgan fingerprint density at radius 3 is 3.33 bits per heavy atom. The van der Waals surface area contributed by atoms with Gasteiger partial charge in [0.05, 0.1) is 0 Å². The summed E-state index contributed by atoms with van der Waals surface area (Å²) in [6, 6.07) is 0. The maximum Gasteiger partial charge on any atom is 0.0391 e. The standard InChI is InChI=1S/C4H12N2/c1-6-4-2-3-5/h6H,2-5H2,1H3/i1D3. The largest absolute Gasteiger partial charge is 0.330 e. The number of nitrogens with two attached hydrogens (primary N) is 1. The molecule has 0 aliphatic rings. The molecule has 0 radical (unpaired) electrons. The Balaban J connectivity index is 3.07. The summed E-state index contributed by atoms with van der Waals surface area (Å²) < 4.78 is 20.1. The fourth-order valence-corrected chi connectivity index (χ4v) is 0.190. The molecule has 0 bridgehead atoms. The highest BCUT2D eigenvalue weighted by Crippen LogP contribution is 1.63. The van der Waals surface area contributed by atoms with Gasteiger partial charge in [0.2, 0.25) is 0 Å². The Labute approximate surface area is 42.9 Å². The summed E-state index contributed by atoms with van der Waals surface area (Å²) in [6.07, 6.45) is 0.707. The van der Waals surface area contributed by atoms with Crippen LogP contribution in [0, 0.1) is 0 Å². The average Bonchev–Trinajstić information content (AvgIpc) is 1.63. The van der Waals surface area contributed by atoms with E-state index in [0.717, 1.165) is 0 Å². The van der Waals surface area contributed by atoms with E-state index in [1.165, 1.54) is 0 Å². The molecule has 0 saturated heterocycles. The molecular weight excluding hydrogens is 76.1 g/mol. The van der Waals surface area contributed by atoms with Gasteiger partial charge in [-0.1, -0.05) is 0 Å². The fourth-order valence-electron chi connectivity index (χ4n) is 0.190. The lowest BCUT2D eigenvalue weighted by Gasteiger charge is -1.90. The van der Waals surface area contributed by atoms with E-state index in [2.05, 4.69) is 5.32 Å². The van der Waals surface area contributed by atoms with Gasteiger partial charge in [0, 0.05) is 4.11 Å². The van der Waals surface area contributed by atoms with Gasteiger partial charge in [0.15, 0.2) is 0 Å². The maximum atomic E-state index is 6.69. The van der Waals surface area contributed by atoms with Gasteiger partial charge < -0.3 is 11.1 Å². The summed E-state index contributed by atoms with van der Waals surface area (Å²) in [5, 5.41) is 2.34. The minimum atomic E-state index is -2.00. The molecule has 6 heavy (non-hydrogen) atoms. The van der Waals surface area contributed by atoms with Crippen LogP contribution in [-0.4, -0.2) is 20.1 Å². The molecule has 0 aromatic rings. The summed E-state index contributed by atoms with van der Waals surface area (Å²) in [5.41, 5.74) is 5.13. The van der Waals surface area contributed by atoms with E-state index in [-0.39, 0.29) is 0 Å². The Hall–Kier alpha value is -0.0800. The molecule has 3 N–H and O–H groups in total. The van der Waals surface area contributed by atoms with Crippen molar-refractivity contribution in [2.24, 2.45) is 5.73 Å². The third-order valence-electron chi connectivity index (χ3n) is 0.506. The van der Waals surface area contributed by atoms with Crippen LogP contribution in [0.2, 0.25) is 0 Å². The van der Waals surface area contributed by atoms with Crippen molar-refractivity contribution in [2.75, 3.05) is 20.1 Å². The SMILES string of the molecule is [2H]C([2H])([2H])NCCCN. The van der Waals surface area contributed by atoms with Crippen LogP contribution < -0.4 is 11.1 Å². The van der Waals surface area contributed by atoms with Crippen LogP contribution in [0.25, 0.3) is 0 Å². The van der Waals surface area contributed by atoms with Gasteiger partial charge >= 0.3 is 0 Å². The predicted molar refractivity (Wildman–Crippen MR) is 27.6 cm³/mol. The molecule has 0 aliphatic carbocycles. The van der Waals surface area contributed by atoms with Gasteiger partial charge in [0.1, 0.15) is 0 Å². The summed E-state index contributed by atoms with van der Waals surface area (Å²) in [7, 11) is 0. The second-order valence-electron chi connectivity index (χ2n) is 1.07. The summed E-state index contributed by atoms with van der Waals surface area (Å²) in [4.78, 5) is 0. The number of hydrogen-bond donors (Lipinski definition) is 2. The van der Waals surface area contributed by atoms with Crippen LogP contribution in [0.15, 0.2) is 0 Å². The maximum absolute atomic E-state index is 6.69.